The van der Waals surface area contributed by atoms with Crippen LogP contribution < -0.4 is 31.9 Å². The Morgan fingerprint density at radius 1 is 0.686 bits per heavy atom. The molecular formula is C54H80N8O8. The molecule has 0 aromatic heterocycles. The fourth-order valence-corrected chi connectivity index (χ4v) is 9.80. The molecule has 2 aromatic rings. The first kappa shape index (κ1) is 55.4. The molecule has 2 saturated heterocycles. The lowest BCUT2D eigenvalue weighted by atomic mass is 9.85. The molecule has 10 atom stereocenters. The second-order valence-electron chi connectivity index (χ2n) is 21.4. The lowest BCUT2D eigenvalue weighted by molar-refractivity contribution is -0.144. The summed E-state index contributed by atoms with van der Waals surface area (Å²) in [6.07, 6.45) is 4.08. The van der Waals surface area contributed by atoms with Gasteiger partial charge in [0.05, 0.1) is 18.1 Å². The predicted octanol–water partition coefficient (Wildman–Crippen LogP) is 4.65. The van der Waals surface area contributed by atoms with Crippen molar-refractivity contribution < 1.29 is 38.4 Å². The highest BCUT2D eigenvalue weighted by Gasteiger charge is 2.47. The van der Waals surface area contributed by atoms with Crippen LogP contribution in [0.5, 0.6) is 0 Å². The van der Waals surface area contributed by atoms with Crippen LogP contribution in [0, 0.1) is 23.2 Å². The summed E-state index contributed by atoms with van der Waals surface area (Å²) >= 11 is 0. The molecule has 6 amide bonds. The molecule has 3 aliphatic rings. The second kappa shape index (κ2) is 24.6. The van der Waals surface area contributed by atoms with Gasteiger partial charge in [-0.05, 0) is 114 Å². The van der Waals surface area contributed by atoms with Gasteiger partial charge in [-0.25, -0.2) is 0 Å². The molecule has 5 rings (SSSR count). The number of nitrogens with one attached hydrogen (secondary N) is 6. The van der Waals surface area contributed by atoms with Crippen LogP contribution in [0.25, 0.3) is 0 Å². The number of carbonyl (C=O) groups excluding carboxylic acids is 8. The van der Waals surface area contributed by atoms with Crippen molar-refractivity contribution in [3.05, 3.63) is 70.8 Å². The maximum absolute atomic E-state index is 14.7. The Hall–Kier alpha value is -5.48. The van der Waals surface area contributed by atoms with Gasteiger partial charge < -0.3 is 41.7 Å². The lowest BCUT2D eigenvalue weighted by Crippen LogP contribution is -2.59. The van der Waals surface area contributed by atoms with Crippen LogP contribution in [-0.2, 0) is 35.2 Å². The van der Waals surface area contributed by atoms with E-state index in [0.29, 0.717) is 24.0 Å². The minimum Gasteiger partial charge on any atom is -0.352 e. The molecule has 2 aliphatic heterocycles. The van der Waals surface area contributed by atoms with Crippen LogP contribution in [0.4, 0.5) is 0 Å². The molecule has 70 heavy (non-hydrogen) atoms. The topological polar surface area (TPSA) is 215 Å². The van der Waals surface area contributed by atoms with E-state index in [-0.39, 0.29) is 104 Å². The third-order valence-electron chi connectivity index (χ3n) is 14.7. The van der Waals surface area contributed by atoms with E-state index in [0.717, 1.165) is 24.8 Å². The molecule has 1 aliphatic carbocycles. The Morgan fingerprint density at radius 3 is 1.77 bits per heavy atom. The van der Waals surface area contributed by atoms with Crippen molar-refractivity contribution in [2.24, 2.45) is 23.2 Å². The number of Topliss-reactive ketones (excluding diaryl/α,β-unsaturated/α-hetero) is 2. The Kier molecular flexibility index (Phi) is 19.5. The molecule has 1 unspecified atom stereocenters. The summed E-state index contributed by atoms with van der Waals surface area (Å²) in [6, 6.07) is 9.55. The van der Waals surface area contributed by atoms with Gasteiger partial charge in [0.15, 0.2) is 11.6 Å². The van der Waals surface area contributed by atoms with Gasteiger partial charge in [0, 0.05) is 43.1 Å². The fraction of sp³-hybridized carbons (Fsp3) is 0.630. The lowest BCUT2D eigenvalue weighted by Gasteiger charge is -2.36. The van der Waals surface area contributed by atoms with Gasteiger partial charge >= 0.3 is 0 Å². The molecule has 16 heteroatoms. The molecular weight excluding hydrogens is 889 g/mol. The Morgan fingerprint density at radius 2 is 1.23 bits per heavy atom. The molecule has 0 spiro atoms. The van der Waals surface area contributed by atoms with E-state index in [4.69, 9.17) is 0 Å². The van der Waals surface area contributed by atoms with E-state index in [1.165, 1.54) is 15.4 Å². The zero-order valence-corrected chi connectivity index (χ0v) is 43.4. The summed E-state index contributed by atoms with van der Waals surface area (Å²) in [5.74, 6) is -3.18. The smallest absolute Gasteiger partial charge is 0.246 e. The quantitative estimate of drug-likeness (QED) is 0.0953. The summed E-state index contributed by atoms with van der Waals surface area (Å²) in [6.45, 7) is 17.1. The van der Waals surface area contributed by atoms with Crippen molar-refractivity contribution in [3.63, 3.8) is 0 Å². The van der Waals surface area contributed by atoms with Crippen LogP contribution in [0.3, 0.4) is 0 Å². The Balaban J connectivity index is 1.34. The molecule has 2 aromatic carbocycles. The molecule has 6 N–H and O–H groups in total. The highest BCUT2D eigenvalue weighted by Crippen LogP contribution is 2.35. The average molecular weight is 969 g/mol. The summed E-state index contributed by atoms with van der Waals surface area (Å²) in [4.78, 5) is 115. The van der Waals surface area contributed by atoms with Gasteiger partial charge in [0.25, 0.3) is 0 Å². The van der Waals surface area contributed by atoms with Crippen LogP contribution in [0.1, 0.15) is 152 Å². The minimum atomic E-state index is -0.956. The molecule has 16 nitrogen and oxygen atoms in total. The summed E-state index contributed by atoms with van der Waals surface area (Å²) in [7, 11) is 3.32. The third-order valence-corrected chi connectivity index (χ3v) is 14.7. The normalized spacial score (nSPS) is 22.3. The zero-order valence-electron chi connectivity index (χ0n) is 43.4. The monoisotopic (exact) mass is 969 g/mol. The van der Waals surface area contributed by atoms with Gasteiger partial charge in [0.1, 0.15) is 24.2 Å². The van der Waals surface area contributed by atoms with Gasteiger partial charge in [-0.1, -0.05) is 90.4 Å². The van der Waals surface area contributed by atoms with Gasteiger partial charge in [-0.2, -0.15) is 0 Å². The molecule has 0 bridgehead atoms. The number of benzene rings is 2. The summed E-state index contributed by atoms with van der Waals surface area (Å²) in [5.41, 5.74) is 2.15. The van der Waals surface area contributed by atoms with Crippen molar-refractivity contribution in [3.8, 4) is 0 Å². The van der Waals surface area contributed by atoms with Crippen LogP contribution >= 0.6 is 0 Å². The van der Waals surface area contributed by atoms with E-state index < -0.39 is 53.5 Å². The first-order valence-electron chi connectivity index (χ1n) is 25.5. The van der Waals surface area contributed by atoms with Gasteiger partial charge in [0.2, 0.25) is 35.4 Å². The maximum atomic E-state index is 14.7. The van der Waals surface area contributed by atoms with Gasteiger partial charge in [-0.3, -0.25) is 38.4 Å². The number of hydrogen-bond acceptors (Lipinski definition) is 10. The first-order valence-corrected chi connectivity index (χ1v) is 25.5. The summed E-state index contributed by atoms with van der Waals surface area (Å²) < 4.78 is 0. The van der Waals surface area contributed by atoms with Crippen molar-refractivity contribution in [1.82, 2.24) is 41.7 Å². The number of fused-ring (bicyclic) bond motifs is 1. The minimum absolute atomic E-state index is 0.00858. The van der Waals surface area contributed by atoms with E-state index in [1.54, 1.807) is 52.2 Å². The van der Waals surface area contributed by atoms with Gasteiger partial charge in [-0.15, -0.1) is 0 Å². The number of hydrogen-bond donors (Lipinski definition) is 6. The number of carbonyl (C=O) groups is 8. The third kappa shape index (κ3) is 13.9. The number of aryl methyl sites for hydroxylation is 1. The molecule has 2 heterocycles. The Bertz CT molecular complexity index is 2220. The van der Waals surface area contributed by atoms with Crippen molar-refractivity contribution in [1.29, 1.82) is 0 Å². The van der Waals surface area contributed by atoms with E-state index in [1.807, 2.05) is 66.7 Å². The largest absolute Gasteiger partial charge is 0.352 e. The fourth-order valence-electron chi connectivity index (χ4n) is 9.80. The second-order valence-corrected chi connectivity index (χ2v) is 21.4. The predicted molar refractivity (Wildman–Crippen MR) is 270 cm³/mol. The van der Waals surface area contributed by atoms with E-state index in [9.17, 15) is 38.4 Å². The van der Waals surface area contributed by atoms with Crippen molar-refractivity contribution >= 4 is 47.0 Å². The van der Waals surface area contributed by atoms with Crippen molar-refractivity contribution in [2.75, 3.05) is 27.2 Å². The molecule has 2 fully saturated rings. The molecule has 0 saturated carbocycles. The number of likely N-dealkylation sites (N-methyl/N-ethyl adjacent to an activating group) is 2. The average Bonchev–Trinajstić information content (AvgIpc) is 3.96. The summed E-state index contributed by atoms with van der Waals surface area (Å²) in [5, 5.41) is 17.9. The number of amides is 6. The number of ketones is 2. The van der Waals surface area contributed by atoms with Crippen LogP contribution in [-0.4, -0.2) is 126 Å². The molecule has 384 valence electrons. The highest BCUT2D eigenvalue weighted by molar-refractivity contribution is 6.02. The SMILES string of the molecule is CCC[C@H](NC(=O)[C@H](C)NC)C(=O)N1C[C@@H](CC(=O)c2cccc(C(=O)C[C@H]3C[C@@H](C(=O)N[C@@H]4CCCc5ccccc54)N(C(=O)[C@@H](NC(=O)[C@H](C)NC)C(C)(C)C)C3)c2)CC1C(=O)N[C@H](C)C(C)C. The van der Waals surface area contributed by atoms with E-state index in [2.05, 4.69) is 38.0 Å². The molecule has 0 radical (unpaired) electrons. The van der Waals surface area contributed by atoms with Crippen molar-refractivity contribution in [2.45, 2.75) is 168 Å². The first-order chi connectivity index (χ1) is 33.1. The number of nitrogens with zero attached hydrogens (tertiary/aromatic N) is 2. The number of likely N-dealkylation sites (tertiary alicyclic amines) is 2. The van der Waals surface area contributed by atoms with E-state index >= 15 is 0 Å². The zero-order chi connectivity index (χ0) is 51.6. The van der Waals surface area contributed by atoms with Crippen LogP contribution in [0.2, 0.25) is 0 Å². The highest BCUT2D eigenvalue weighted by atomic mass is 16.2. The number of rotatable bonds is 21. The Labute approximate surface area is 415 Å². The standard InChI is InChI=1S/C54H80N8O8/c1-12-17-42(59-48(65)33(5)55-10)52(69)61-29-35(24-43(61)50(67)57-32(4)31(2)3)26-45(63)38-20-15-21-39(28-38)46(64)27-36-25-44(51(68)58-41-23-16-19-37-18-13-14-22-40(37)41)62(30-36)53(70)47(54(7,8)9)60-49(66)34(6)56-11/h13-15,18,20-22,28,31-36,41-44,47,55-56H,12,16-17,19,23-27,29-30H2,1-11H3,(H,57,67)(H,58,68)(H,59,65)(H,60,66)/t32-,33+,34+,35-,36-,41-,42+,43?,44+,47-/m1/s1. The maximum Gasteiger partial charge on any atom is 0.246 e. The van der Waals surface area contributed by atoms with Crippen LogP contribution in [0.15, 0.2) is 48.5 Å².